The zero-order chi connectivity index (χ0) is 19.7. The third kappa shape index (κ3) is 3.16. The van der Waals surface area contributed by atoms with Gasteiger partial charge in [-0.2, -0.15) is 0 Å². The number of rotatable bonds is 4. The number of carbonyl (C=O) groups is 3. The summed E-state index contributed by atoms with van der Waals surface area (Å²) in [4.78, 5) is 35.7. The number of hydrogen-bond donors (Lipinski definition) is 2. The van der Waals surface area contributed by atoms with Crippen molar-refractivity contribution in [2.24, 2.45) is 0 Å². The van der Waals surface area contributed by atoms with Crippen LogP contribution in [-0.2, 0) is 9.59 Å². The van der Waals surface area contributed by atoms with Gasteiger partial charge in [-0.3, -0.25) is 15.0 Å². The van der Waals surface area contributed by atoms with Crippen LogP contribution in [-0.4, -0.2) is 22.9 Å². The van der Waals surface area contributed by atoms with Gasteiger partial charge in [0, 0.05) is 0 Å². The maximum atomic E-state index is 12.6. The number of furan rings is 1. The summed E-state index contributed by atoms with van der Waals surface area (Å²) in [6.07, 6.45) is 1.22. The number of hydrazine groups is 1. The highest BCUT2D eigenvalue weighted by atomic mass is 16.4. The van der Waals surface area contributed by atoms with E-state index in [2.05, 4.69) is 5.43 Å². The normalized spacial score (nSPS) is 15.1. The molecular weight excluding hydrogens is 360 g/mol. The third-order valence-corrected chi connectivity index (χ3v) is 4.25. The molecule has 2 heterocycles. The number of anilines is 1. The average Bonchev–Trinajstić information content (AvgIpc) is 3.29. The quantitative estimate of drug-likeness (QED) is 0.540. The summed E-state index contributed by atoms with van der Waals surface area (Å²) in [6, 6.07) is 19.6. The fourth-order valence-electron chi connectivity index (χ4n) is 2.86. The van der Waals surface area contributed by atoms with Gasteiger partial charge in [0.05, 0.1) is 5.69 Å². The number of aromatic carboxylic acids is 1. The molecule has 0 aliphatic carbocycles. The summed E-state index contributed by atoms with van der Waals surface area (Å²) < 4.78 is 5.08. The monoisotopic (exact) mass is 374 g/mol. The van der Waals surface area contributed by atoms with Crippen LogP contribution in [0.2, 0.25) is 0 Å². The van der Waals surface area contributed by atoms with Gasteiger partial charge in [0.2, 0.25) is 5.76 Å². The summed E-state index contributed by atoms with van der Waals surface area (Å²) >= 11 is 0. The third-order valence-electron chi connectivity index (χ3n) is 4.25. The second-order valence-electron chi connectivity index (χ2n) is 6.06. The average molecular weight is 374 g/mol. The van der Waals surface area contributed by atoms with Crippen LogP contribution in [0, 0.1) is 0 Å². The Morgan fingerprint density at radius 3 is 2.25 bits per heavy atom. The molecule has 2 aromatic carbocycles. The van der Waals surface area contributed by atoms with Crippen LogP contribution in [0.15, 0.2) is 76.7 Å². The van der Waals surface area contributed by atoms with Gasteiger partial charge in [0.25, 0.3) is 11.8 Å². The Morgan fingerprint density at radius 1 is 0.929 bits per heavy atom. The summed E-state index contributed by atoms with van der Waals surface area (Å²) in [7, 11) is 0. The molecule has 1 aliphatic heterocycles. The van der Waals surface area contributed by atoms with Crippen LogP contribution in [0.25, 0.3) is 17.2 Å². The highest BCUT2D eigenvalue weighted by Crippen LogP contribution is 2.26. The molecule has 28 heavy (non-hydrogen) atoms. The lowest BCUT2D eigenvalue weighted by atomic mass is 10.1. The molecule has 2 N–H and O–H groups in total. The molecule has 138 valence electrons. The molecule has 0 spiro atoms. The molecule has 3 aromatic rings. The van der Waals surface area contributed by atoms with Gasteiger partial charge in [0.1, 0.15) is 11.3 Å². The van der Waals surface area contributed by atoms with E-state index in [1.807, 2.05) is 42.5 Å². The van der Waals surface area contributed by atoms with Crippen molar-refractivity contribution >= 4 is 29.5 Å². The number of amides is 2. The molecule has 0 saturated carbocycles. The van der Waals surface area contributed by atoms with Gasteiger partial charge < -0.3 is 9.52 Å². The Labute approximate surface area is 159 Å². The van der Waals surface area contributed by atoms with Gasteiger partial charge in [-0.25, -0.2) is 9.80 Å². The molecule has 1 aromatic heterocycles. The first-order chi connectivity index (χ1) is 13.5. The highest BCUT2D eigenvalue weighted by Gasteiger charge is 2.34. The largest absolute Gasteiger partial charge is 0.475 e. The SMILES string of the molecule is O=C1NN(c2ccc(-c3ccccc3)cc2)C(=O)/C1=C/c1ccc(C(=O)O)o1. The molecule has 0 unspecified atom stereocenters. The molecule has 0 atom stereocenters. The van der Waals surface area contributed by atoms with Crippen molar-refractivity contribution in [2.45, 2.75) is 0 Å². The second kappa shape index (κ2) is 6.88. The van der Waals surface area contributed by atoms with E-state index >= 15 is 0 Å². The lowest BCUT2D eigenvalue weighted by molar-refractivity contribution is -0.117. The number of carboxylic acid groups (broad SMARTS) is 1. The van der Waals surface area contributed by atoms with Crippen molar-refractivity contribution in [3.8, 4) is 11.1 Å². The Morgan fingerprint density at radius 2 is 1.61 bits per heavy atom. The van der Waals surface area contributed by atoms with Crippen LogP contribution in [0.1, 0.15) is 16.3 Å². The zero-order valence-electron chi connectivity index (χ0n) is 14.5. The fourth-order valence-corrected chi connectivity index (χ4v) is 2.86. The zero-order valence-corrected chi connectivity index (χ0v) is 14.5. The van der Waals surface area contributed by atoms with Crippen LogP contribution in [0.4, 0.5) is 5.69 Å². The predicted octanol–water partition coefficient (Wildman–Crippen LogP) is 3.11. The van der Waals surface area contributed by atoms with Crippen molar-refractivity contribution in [1.82, 2.24) is 5.43 Å². The topological polar surface area (TPSA) is 99.9 Å². The van der Waals surface area contributed by atoms with E-state index in [0.717, 1.165) is 16.1 Å². The van der Waals surface area contributed by atoms with Gasteiger partial charge in [0.15, 0.2) is 0 Å². The fraction of sp³-hybridized carbons (Fsp3) is 0. The summed E-state index contributed by atoms with van der Waals surface area (Å²) in [5.74, 6) is -2.54. The van der Waals surface area contributed by atoms with Gasteiger partial charge in [-0.1, -0.05) is 42.5 Å². The number of nitrogens with one attached hydrogen (secondary N) is 1. The van der Waals surface area contributed by atoms with Crippen molar-refractivity contribution in [3.05, 3.63) is 83.8 Å². The van der Waals surface area contributed by atoms with Crippen molar-refractivity contribution in [2.75, 3.05) is 5.01 Å². The molecule has 0 bridgehead atoms. The maximum absolute atomic E-state index is 12.6. The number of hydrogen-bond acceptors (Lipinski definition) is 4. The Bertz CT molecular complexity index is 1100. The lowest BCUT2D eigenvalue weighted by Gasteiger charge is -2.15. The van der Waals surface area contributed by atoms with E-state index in [4.69, 9.17) is 9.52 Å². The molecule has 1 fully saturated rings. The van der Waals surface area contributed by atoms with Crippen LogP contribution >= 0.6 is 0 Å². The first-order valence-electron chi connectivity index (χ1n) is 8.39. The Kier molecular flexibility index (Phi) is 4.25. The number of carboxylic acids is 1. The van der Waals surface area contributed by atoms with Crippen LogP contribution in [0.5, 0.6) is 0 Å². The molecule has 2 amide bonds. The van der Waals surface area contributed by atoms with Gasteiger partial charge in [-0.05, 0) is 41.5 Å². The number of benzene rings is 2. The van der Waals surface area contributed by atoms with Crippen LogP contribution < -0.4 is 10.4 Å². The minimum Gasteiger partial charge on any atom is -0.475 e. The first-order valence-corrected chi connectivity index (χ1v) is 8.39. The van der Waals surface area contributed by atoms with E-state index in [-0.39, 0.29) is 17.1 Å². The summed E-state index contributed by atoms with van der Waals surface area (Å²) in [5.41, 5.74) is 4.89. The molecule has 7 nitrogen and oxygen atoms in total. The first kappa shape index (κ1) is 17.3. The van der Waals surface area contributed by atoms with Gasteiger partial charge >= 0.3 is 5.97 Å². The molecule has 4 rings (SSSR count). The Balaban J connectivity index is 1.58. The standard InChI is InChI=1S/C21H14N2O5/c24-19-17(12-16-10-11-18(28-16)21(26)27)20(25)23(22-19)15-8-6-14(7-9-15)13-4-2-1-3-5-13/h1-12H,(H,22,24)(H,26,27)/b17-12+. The van der Waals surface area contributed by atoms with E-state index < -0.39 is 17.8 Å². The van der Waals surface area contributed by atoms with Crippen molar-refractivity contribution < 1.29 is 23.9 Å². The maximum Gasteiger partial charge on any atom is 0.371 e. The van der Waals surface area contributed by atoms with E-state index in [0.29, 0.717) is 5.69 Å². The highest BCUT2D eigenvalue weighted by molar-refractivity contribution is 6.31. The van der Waals surface area contributed by atoms with Crippen molar-refractivity contribution in [3.63, 3.8) is 0 Å². The summed E-state index contributed by atoms with van der Waals surface area (Å²) in [6.45, 7) is 0. The van der Waals surface area contributed by atoms with E-state index in [1.54, 1.807) is 12.1 Å². The molecule has 0 radical (unpaired) electrons. The minimum absolute atomic E-state index is 0.108. The number of carbonyl (C=O) groups excluding carboxylic acids is 2. The van der Waals surface area contributed by atoms with E-state index in [9.17, 15) is 14.4 Å². The van der Waals surface area contributed by atoms with E-state index in [1.165, 1.54) is 18.2 Å². The van der Waals surface area contributed by atoms with Crippen LogP contribution in [0.3, 0.4) is 0 Å². The van der Waals surface area contributed by atoms with Crippen molar-refractivity contribution in [1.29, 1.82) is 0 Å². The summed E-state index contributed by atoms with van der Waals surface area (Å²) in [5, 5.41) is 10.0. The minimum atomic E-state index is -1.23. The smallest absolute Gasteiger partial charge is 0.371 e. The molecule has 1 saturated heterocycles. The molecular formula is C21H14N2O5. The van der Waals surface area contributed by atoms with Gasteiger partial charge in [-0.15, -0.1) is 0 Å². The predicted molar refractivity (Wildman–Crippen MR) is 101 cm³/mol. The second-order valence-corrected chi connectivity index (χ2v) is 6.06. The molecule has 1 aliphatic rings. The lowest BCUT2D eigenvalue weighted by Crippen LogP contribution is -2.35. The molecule has 7 heteroatoms. The Hall–Kier alpha value is -4.13. The number of nitrogens with zero attached hydrogens (tertiary/aromatic N) is 1.